The van der Waals surface area contributed by atoms with Crippen molar-refractivity contribution in [3.05, 3.63) is 54.1 Å². The van der Waals surface area contributed by atoms with Crippen LogP contribution in [0.5, 0.6) is 0 Å². The number of hydrogen-bond acceptors (Lipinski definition) is 0. The molecule has 2 aromatic carbocycles. The second kappa shape index (κ2) is 4.13. The highest BCUT2D eigenvalue weighted by Gasteiger charge is 2.04. The van der Waals surface area contributed by atoms with Crippen LogP contribution in [0.3, 0.4) is 0 Å². The molecule has 0 heterocycles. The van der Waals surface area contributed by atoms with E-state index in [1.54, 1.807) is 0 Å². The summed E-state index contributed by atoms with van der Waals surface area (Å²) in [6, 6.07) is 15.0. The quantitative estimate of drug-likeness (QED) is 0.628. The Kier molecular flexibility index (Phi) is 2.82. The molecule has 0 nitrogen and oxygen atoms in total. The Labute approximate surface area is 97.6 Å². The Morgan fingerprint density at radius 3 is 2.31 bits per heavy atom. The van der Waals surface area contributed by atoms with Gasteiger partial charge < -0.3 is 0 Å². The van der Waals surface area contributed by atoms with E-state index in [0.29, 0.717) is 0 Å². The maximum atomic E-state index is 2.26. The zero-order valence-corrected chi connectivity index (χ0v) is 10.2. The smallest absolute Gasteiger partial charge is 0.0112 e. The molecule has 0 aliphatic rings. The average molecular weight is 210 g/mol. The summed E-state index contributed by atoms with van der Waals surface area (Å²) in [5.41, 5.74) is 1.53. The van der Waals surface area contributed by atoms with Gasteiger partial charge in [-0.2, -0.15) is 0 Å². The second-order valence-electron chi connectivity index (χ2n) is 5.27. The topological polar surface area (TPSA) is 0 Å². The summed E-state index contributed by atoms with van der Waals surface area (Å²) in [5, 5.41) is 2.63. The van der Waals surface area contributed by atoms with Crippen molar-refractivity contribution in [2.45, 2.75) is 20.8 Å². The molecule has 0 atom stereocenters. The molecular weight excluding hydrogens is 192 g/mol. The van der Waals surface area contributed by atoms with E-state index in [9.17, 15) is 0 Å². The predicted molar refractivity (Wildman–Crippen MR) is 72.4 cm³/mol. The van der Waals surface area contributed by atoms with E-state index in [2.05, 4.69) is 75.4 Å². The van der Waals surface area contributed by atoms with E-state index in [0.717, 1.165) is 0 Å². The first kappa shape index (κ1) is 10.9. The molecule has 0 bridgehead atoms. The van der Waals surface area contributed by atoms with Gasteiger partial charge in [0.2, 0.25) is 0 Å². The first-order valence-electron chi connectivity index (χ1n) is 5.73. The summed E-state index contributed by atoms with van der Waals surface area (Å²) >= 11 is 0. The van der Waals surface area contributed by atoms with Gasteiger partial charge in [0.25, 0.3) is 0 Å². The second-order valence-corrected chi connectivity index (χ2v) is 5.27. The lowest BCUT2D eigenvalue weighted by Gasteiger charge is -2.11. The molecule has 82 valence electrons. The Balaban J connectivity index is 2.49. The number of hydrogen-bond donors (Lipinski definition) is 0. The third-order valence-corrected chi connectivity index (χ3v) is 2.59. The van der Waals surface area contributed by atoms with Crippen LogP contribution in [-0.2, 0) is 0 Å². The third-order valence-electron chi connectivity index (χ3n) is 2.59. The van der Waals surface area contributed by atoms with Gasteiger partial charge in [0.05, 0.1) is 0 Å². The van der Waals surface area contributed by atoms with E-state index in [4.69, 9.17) is 0 Å². The Bertz CT molecular complexity index is 508. The molecule has 0 amide bonds. The van der Waals surface area contributed by atoms with Crippen molar-refractivity contribution < 1.29 is 0 Å². The molecular formula is C16H18. The highest BCUT2D eigenvalue weighted by Crippen LogP contribution is 2.22. The Morgan fingerprint density at radius 1 is 0.875 bits per heavy atom. The maximum Gasteiger partial charge on any atom is -0.0112 e. The molecule has 0 saturated carbocycles. The monoisotopic (exact) mass is 210 g/mol. The minimum Gasteiger partial charge on any atom is -0.0785 e. The molecule has 0 radical (unpaired) electrons. The molecule has 0 unspecified atom stereocenters. The van der Waals surface area contributed by atoms with Crippen LogP contribution in [0.1, 0.15) is 26.3 Å². The lowest BCUT2D eigenvalue weighted by molar-refractivity contribution is 0.547. The third kappa shape index (κ3) is 2.52. The largest absolute Gasteiger partial charge is 0.0785 e. The average Bonchev–Trinajstić information content (AvgIpc) is 2.25. The van der Waals surface area contributed by atoms with Crippen molar-refractivity contribution in [1.29, 1.82) is 0 Å². The first-order valence-corrected chi connectivity index (χ1v) is 5.73. The molecule has 0 saturated heterocycles. The molecule has 0 N–H and O–H groups in total. The fraction of sp³-hybridized carbons (Fsp3) is 0.250. The van der Waals surface area contributed by atoms with E-state index < -0.39 is 0 Å². The fourth-order valence-corrected chi connectivity index (χ4v) is 1.74. The van der Waals surface area contributed by atoms with Gasteiger partial charge >= 0.3 is 0 Å². The van der Waals surface area contributed by atoms with Crippen molar-refractivity contribution in [2.75, 3.05) is 0 Å². The van der Waals surface area contributed by atoms with Gasteiger partial charge in [0, 0.05) is 0 Å². The minimum absolute atomic E-state index is 0.233. The van der Waals surface area contributed by atoms with Crippen LogP contribution in [0, 0.1) is 5.41 Å². The Morgan fingerprint density at radius 2 is 1.56 bits per heavy atom. The van der Waals surface area contributed by atoms with Gasteiger partial charge in [-0.15, -0.1) is 0 Å². The molecule has 0 aliphatic carbocycles. The predicted octanol–water partition coefficient (Wildman–Crippen LogP) is 4.90. The van der Waals surface area contributed by atoms with Crippen molar-refractivity contribution in [1.82, 2.24) is 0 Å². The van der Waals surface area contributed by atoms with Crippen LogP contribution in [0.4, 0.5) is 0 Å². The summed E-state index contributed by atoms with van der Waals surface area (Å²) in [5.74, 6) is 0. The van der Waals surface area contributed by atoms with Crippen molar-refractivity contribution in [2.24, 2.45) is 5.41 Å². The standard InChI is InChI=1S/C16H18/c1-16(2,3)12-11-14-9-6-8-13-7-4-5-10-15(13)14/h4-12H,1-3H3. The van der Waals surface area contributed by atoms with E-state index in [1.807, 2.05) is 0 Å². The lowest BCUT2D eigenvalue weighted by atomic mass is 9.94. The van der Waals surface area contributed by atoms with Crippen LogP contribution >= 0.6 is 0 Å². The van der Waals surface area contributed by atoms with Gasteiger partial charge in [0.15, 0.2) is 0 Å². The summed E-state index contributed by atoms with van der Waals surface area (Å²) in [4.78, 5) is 0. The zero-order valence-electron chi connectivity index (χ0n) is 10.2. The van der Waals surface area contributed by atoms with Gasteiger partial charge in [-0.05, 0) is 21.8 Å². The number of allylic oxidation sites excluding steroid dienone is 1. The molecule has 0 heteroatoms. The lowest BCUT2D eigenvalue weighted by Crippen LogP contribution is -1.98. The van der Waals surface area contributed by atoms with E-state index in [-0.39, 0.29) is 5.41 Å². The molecule has 2 aromatic rings. The molecule has 2 rings (SSSR count). The van der Waals surface area contributed by atoms with Gasteiger partial charge in [0.1, 0.15) is 0 Å². The number of benzene rings is 2. The van der Waals surface area contributed by atoms with Crippen LogP contribution < -0.4 is 0 Å². The summed E-state index contributed by atoms with van der Waals surface area (Å²) in [6.07, 6.45) is 4.48. The van der Waals surface area contributed by atoms with Crippen LogP contribution in [0.2, 0.25) is 0 Å². The van der Waals surface area contributed by atoms with Crippen LogP contribution in [-0.4, -0.2) is 0 Å². The van der Waals surface area contributed by atoms with E-state index in [1.165, 1.54) is 16.3 Å². The zero-order chi connectivity index (χ0) is 11.6. The normalized spacial score (nSPS) is 12.4. The Hall–Kier alpha value is -1.56. The highest BCUT2D eigenvalue weighted by molar-refractivity contribution is 5.90. The molecule has 0 spiro atoms. The van der Waals surface area contributed by atoms with Gasteiger partial charge in [-0.3, -0.25) is 0 Å². The summed E-state index contributed by atoms with van der Waals surface area (Å²) < 4.78 is 0. The van der Waals surface area contributed by atoms with Gasteiger partial charge in [-0.1, -0.05) is 75.4 Å². The maximum absolute atomic E-state index is 2.26. The van der Waals surface area contributed by atoms with Crippen molar-refractivity contribution in [3.8, 4) is 0 Å². The SMILES string of the molecule is CC(C)(C)C=Cc1cccc2ccccc12. The van der Waals surface area contributed by atoms with Crippen LogP contribution in [0.25, 0.3) is 16.8 Å². The van der Waals surface area contributed by atoms with E-state index >= 15 is 0 Å². The number of fused-ring (bicyclic) bond motifs is 1. The fourth-order valence-electron chi connectivity index (χ4n) is 1.74. The molecule has 0 aliphatic heterocycles. The minimum atomic E-state index is 0.233. The molecule has 0 fully saturated rings. The van der Waals surface area contributed by atoms with Crippen molar-refractivity contribution in [3.63, 3.8) is 0 Å². The molecule has 16 heavy (non-hydrogen) atoms. The van der Waals surface area contributed by atoms with Crippen molar-refractivity contribution >= 4 is 16.8 Å². The van der Waals surface area contributed by atoms with Crippen LogP contribution in [0.15, 0.2) is 48.5 Å². The highest BCUT2D eigenvalue weighted by atomic mass is 14.1. The first-order chi connectivity index (χ1) is 7.56. The molecule has 0 aromatic heterocycles. The summed E-state index contributed by atoms with van der Waals surface area (Å²) in [6.45, 7) is 6.65. The van der Waals surface area contributed by atoms with Gasteiger partial charge in [-0.25, -0.2) is 0 Å². The number of rotatable bonds is 1. The summed E-state index contributed by atoms with van der Waals surface area (Å²) in [7, 11) is 0.